The van der Waals surface area contributed by atoms with Crippen LogP contribution in [0, 0.1) is 11.3 Å². The van der Waals surface area contributed by atoms with E-state index >= 15 is 0 Å². The number of thiazole rings is 1. The highest BCUT2D eigenvalue weighted by Crippen LogP contribution is 2.24. The summed E-state index contributed by atoms with van der Waals surface area (Å²) in [5, 5.41) is 10.1. The highest BCUT2D eigenvalue weighted by atomic mass is 32.1. The Bertz CT molecular complexity index is 640. The number of hydrogen-bond donors (Lipinski definition) is 0. The van der Waals surface area contributed by atoms with Gasteiger partial charge in [0.15, 0.2) is 0 Å². The fraction of sp³-hybridized carbons (Fsp3) is 0.412. The maximum Gasteiger partial charge on any atom is 0.128 e. The molecule has 1 aromatic carbocycles. The molecule has 0 aliphatic rings. The minimum atomic E-state index is 0.284. The van der Waals surface area contributed by atoms with Crippen molar-refractivity contribution >= 4 is 11.3 Å². The standard InChI is InChI=1S/C17H20N2OS/c1-4-13-6-5-7-14(10-13)20-9-8-16-19-17(12(2)3)15(11-18)21-16/h5-7,10,12H,4,8-9H2,1-3H3. The van der Waals surface area contributed by atoms with E-state index in [1.165, 1.54) is 16.9 Å². The number of benzene rings is 1. The third kappa shape index (κ3) is 4.05. The van der Waals surface area contributed by atoms with Crippen LogP contribution in [0.4, 0.5) is 0 Å². The molecule has 0 amide bonds. The zero-order valence-electron chi connectivity index (χ0n) is 12.7. The van der Waals surface area contributed by atoms with Crippen LogP contribution in [0.2, 0.25) is 0 Å². The topological polar surface area (TPSA) is 45.9 Å². The summed E-state index contributed by atoms with van der Waals surface area (Å²) in [6.07, 6.45) is 1.75. The normalized spacial score (nSPS) is 10.6. The summed E-state index contributed by atoms with van der Waals surface area (Å²) in [4.78, 5) is 5.29. The Hall–Kier alpha value is -1.86. The Balaban J connectivity index is 1.96. The summed E-state index contributed by atoms with van der Waals surface area (Å²) in [7, 11) is 0. The number of rotatable bonds is 6. The summed E-state index contributed by atoms with van der Waals surface area (Å²) in [5.74, 6) is 1.18. The van der Waals surface area contributed by atoms with Gasteiger partial charge in [-0.25, -0.2) is 4.98 Å². The van der Waals surface area contributed by atoms with Gasteiger partial charge >= 0.3 is 0 Å². The predicted molar refractivity (Wildman–Crippen MR) is 85.9 cm³/mol. The molecule has 0 bridgehead atoms. The molecule has 21 heavy (non-hydrogen) atoms. The van der Waals surface area contributed by atoms with Gasteiger partial charge in [-0.2, -0.15) is 5.26 Å². The molecule has 1 heterocycles. The molecular formula is C17H20N2OS. The molecule has 0 radical (unpaired) electrons. The molecule has 0 N–H and O–H groups in total. The lowest BCUT2D eigenvalue weighted by molar-refractivity contribution is 0.321. The van der Waals surface area contributed by atoms with Gasteiger partial charge in [0, 0.05) is 6.42 Å². The van der Waals surface area contributed by atoms with Gasteiger partial charge in [-0.15, -0.1) is 11.3 Å². The van der Waals surface area contributed by atoms with E-state index in [-0.39, 0.29) is 5.92 Å². The molecule has 4 heteroatoms. The quantitative estimate of drug-likeness (QED) is 0.798. The Morgan fingerprint density at radius 1 is 1.38 bits per heavy atom. The number of aromatic nitrogens is 1. The maximum atomic E-state index is 9.13. The summed E-state index contributed by atoms with van der Waals surface area (Å²) in [6, 6.07) is 10.4. The summed E-state index contributed by atoms with van der Waals surface area (Å²) in [6.45, 7) is 6.84. The monoisotopic (exact) mass is 300 g/mol. The van der Waals surface area contributed by atoms with Crippen molar-refractivity contribution in [2.45, 2.75) is 39.5 Å². The number of ether oxygens (including phenoxy) is 1. The smallest absolute Gasteiger partial charge is 0.128 e. The predicted octanol–water partition coefficient (Wildman–Crippen LogP) is 4.32. The van der Waals surface area contributed by atoms with E-state index in [2.05, 4.69) is 44.0 Å². The first kappa shape index (κ1) is 15.5. The largest absolute Gasteiger partial charge is 0.493 e. The van der Waals surface area contributed by atoms with E-state index in [1.807, 2.05) is 12.1 Å². The lowest BCUT2D eigenvalue weighted by Gasteiger charge is -2.06. The molecule has 1 aromatic heterocycles. The highest BCUT2D eigenvalue weighted by Gasteiger charge is 2.13. The summed E-state index contributed by atoms with van der Waals surface area (Å²) < 4.78 is 5.78. The molecule has 2 aromatic rings. The van der Waals surface area contributed by atoms with E-state index in [0.29, 0.717) is 6.61 Å². The van der Waals surface area contributed by atoms with E-state index in [9.17, 15) is 0 Å². The van der Waals surface area contributed by atoms with E-state index < -0.39 is 0 Å². The molecule has 0 saturated heterocycles. The first-order valence-corrected chi connectivity index (χ1v) is 8.07. The molecule has 0 aliphatic heterocycles. The second-order valence-corrected chi connectivity index (χ2v) is 6.27. The van der Waals surface area contributed by atoms with Gasteiger partial charge in [0.25, 0.3) is 0 Å². The second kappa shape index (κ2) is 7.24. The van der Waals surface area contributed by atoms with Crippen LogP contribution in [0.3, 0.4) is 0 Å². The van der Waals surface area contributed by atoms with Crippen molar-refractivity contribution in [1.29, 1.82) is 5.26 Å². The third-order valence-corrected chi connectivity index (χ3v) is 4.27. The molecular weight excluding hydrogens is 280 g/mol. The molecule has 0 spiro atoms. The first-order chi connectivity index (χ1) is 10.1. The van der Waals surface area contributed by atoms with Gasteiger partial charge in [0.05, 0.1) is 17.3 Å². The van der Waals surface area contributed by atoms with Crippen molar-refractivity contribution in [3.05, 3.63) is 45.4 Å². The molecule has 3 nitrogen and oxygen atoms in total. The van der Waals surface area contributed by atoms with E-state index in [1.54, 1.807) is 0 Å². The Labute approximate surface area is 130 Å². The fourth-order valence-electron chi connectivity index (χ4n) is 2.07. The molecule has 110 valence electrons. The number of hydrogen-bond acceptors (Lipinski definition) is 4. The van der Waals surface area contributed by atoms with Gasteiger partial charge in [-0.05, 0) is 30.0 Å². The average molecular weight is 300 g/mol. The van der Waals surface area contributed by atoms with Crippen LogP contribution in [0.5, 0.6) is 5.75 Å². The third-order valence-electron chi connectivity index (χ3n) is 3.24. The van der Waals surface area contributed by atoms with Crippen molar-refractivity contribution in [2.24, 2.45) is 0 Å². The van der Waals surface area contributed by atoms with Gasteiger partial charge in [0.2, 0.25) is 0 Å². The minimum Gasteiger partial charge on any atom is -0.493 e. The molecule has 0 unspecified atom stereocenters. The van der Waals surface area contributed by atoms with E-state index in [0.717, 1.165) is 34.2 Å². The molecule has 0 fully saturated rings. The average Bonchev–Trinajstić information content (AvgIpc) is 2.91. The number of nitrogens with zero attached hydrogens (tertiary/aromatic N) is 2. The van der Waals surface area contributed by atoms with Crippen LogP contribution in [0.15, 0.2) is 24.3 Å². The fourth-order valence-corrected chi connectivity index (χ4v) is 3.06. The summed E-state index contributed by atoms with van der Waals surface area (Å²) in [5.41, 5.74) is 2.18. The zero-order valence-corrected chi connectivity index (χ0v) is 13.5. The van der Waals surface area contributed by atoms with Crippen LogP contribution in [-0.4, -0.2) is 11.6 Å². The van der Waals surface area contributed by atoms with Gasteiger partial charge in [-0.3, -0.25) is 0 Å². The van der Waals surface area contributed by atoms with Crippen molar-refractivity contribution < 1.29 is 4.74 Å². The van der Waals surface area contributed by atoms with E-state index in [4.69, 9.17) is 10.00 Å². The van der Waals surface area contributed by atoms with Gasteiger partial charge in [0.1, 0.15) is 16.7 Å². The van der Waals surface area contributed by atoms with Crippen LogP contribution >= 0.6 is 11.3 Å². The number of aryl methyl sites for hydroxylation is 1. The Morgan fingerprint density at radius 3 is 2.81 bits per heavy atom. The Kier molecular flexibility index (Phi) is 5.35. The summed E-state index contributed by atoms with van der Waals surface area (Å²) >= 11 is 1.48. The molecule has 0 aliphatic carbocycles. The molecule has 0 saturated carbocycles. The second-order valence-electron chi connectivity index (χ2n) is 5.19. The Morgan fingerprint density at radius 2 is 2.19 bits per heavy atom. The maximum absolute atomic E-state index is 9.13. The van der Waals surface area contributed by atoms with Crippen LogP contribution in [-0.2, 0) is 12.8 Å². The lowest BCUT2D eigenvalue weighted by Crippen LogP contribution is -2.01. The van der Waals surface area contributed by atoms with Crippen molar-refractivity contribution in [3.8, 4) is 11.8 Å². The number of nitriles is 1. The van der Waals surface area contributed by atoms with Gasteiger partial charge < -0.3 is 4.74 Å². The minimum absolute atomic E-state index is 0.284. The molecule has 0 atom stereocenters. The highest BCUT2D eigenvalue weighted by molar-refractivity contribution is 7.12. The zero-order chi connectivity index (χ0) is 15.2. The van der Waals surface area contributed by atoms with Crippen molar-refractivity contribution in [2.75, 3.05) is 6.61 Å². The van der Waals surface area contributed by atoms with Crippen LogP contribution < -0.4 is 4.74 Å². The first-order valence-electron chi connectivity index (χ1n) is 7.25. The molecule has 2 rings (SSSR count). The lowest BCUT2D eigenvalue weighted by atomic mass is 10.1. The van der Waals surface area contributed by atoms with Crippen LogP contribution in [0.1, 0.15) is 47.8 Å². The van der Waals surface area contributed by atoms with Crippen molar-refractivity contribution in [1.82, 2.24) is 4.98 Å². The van der Waals surface area contributed by atoms with Gasteiger partial charge in [-0.1, -0.05) is 32.9 Å². The SMILES string of the molecule is CCc1cccc(OCCc2nc(C(C)C)c(C#N)s2)c1. The van der Waals surface area contributed by atoms with Crippen LogP contribution in [0.25, 0.3) is 0 Å². The van der Waals surface area contributed by atoms with Crippen molar-refractivity contribution in [3.63, 3.8) is 0 Å².